The highest BCUT2D eigenvalue weighted by atomic mass is 35.5. The lowest BCUT2D eigenvalue weighted by Crippen LogP contribution is -2.42. The molecule has 0 radical (unpaired) electrons. The summed E-state index contributed by atoms with van der Waals surface area (Å²) < 4.78 is 18.3. The van der Waals surface area contributed by atoms with Gasteiger partial charge in [0.05, 0.1) is 24.2 Å². The lowest BCUT2D eigenvalue weighted by Gasteiger charge is -2.16. The van der Waals surface area contributed by atoms with Crippen LogP contribution in [0.15, 0.2) is 18.2 Å². The molecule has 1 aromatic rings. The minimum Gasteiger partial charge on any atom is -0.379 e. The van der Waals surface area contributed by atoms with Crippen molar-refractivity contribution in [3.05, 3.63) is 34.6 Å². The number of likely N-dealkylation sites (N-methyl/N-ethyl adjacent to an activating group) is 1. The van der Waals surface area contributed by atoms with E-state index in [1.807, 2.05) is 0 Å². The Labute approximate surface area is 116 Å². The van der Waals surface area contributed by atoms with Crippen LogP contribution < -0.4 is 10.6 Å². The van der Waals surface area contributed by atoms with Gasteiger partial charge in [0.15, 0.2) is 0 Å². The van der Waals surface area contributed by atoms with Crippen LogP contribution in [-0.4, -0.2) is 32.2 Å². The number of hydrogen-bond donors (Lipinski definition) is 2. The lowest BCUT2D eigenvalue weighted by molar-refractivity contribution is -0.125. The molecule has 2 rings (SSSR count). The van der Waals surface area contributed by atoms with E-state index in [0.717, 1.165) is 5.56 Å². The van der Waals surface area contributed by atoms with Gasteiger partial charge < -0.3 is 15.4 Å². The quantitative estimate of drug-likeness (QED) is 0.878. The number of nitrogens with one attached hydrogen (secondary N) is 2. The predicted molar refractivity (Wildman–Crippen MR) is 70.4 cm³/mol. The van der Waals surface area contributed by atoms with Crippen LogP contribution in [0.4, 0.5) is 4.39 Å². The van der Waals surface area contributed by atoms with E-state index < -0.39 is 5.82 Å². The topological polar surface area (TPSA) is 50.4 Å². The van der Waals surface area contributed by atoms with Gasteiger partial charge in [-0.25, -0.2) is 4.39 Å². The summed E-state index contributed by atoms with van der Waals surface area (Å²) in [6.45, 7) is 1.28. The SMILES string of the molecule is CNC1COCC1C(=O)NCc1ccc(F)c(Cl)c1. The number of benzene rings is 1. The maximum atomic E-state index is 13.0. The maximum Gasteiger partial charge on any atom is 0.227 e. The Morgan fingerprint density at radius 3 is 3.00 bits per heavy atom. The van der Waals surface area contributed by atoms with Crippen molar-refractivity contribution in [2.24, 2.45) is 5.92 Å². The molecule has 1 amide bonds. The van der Waals surface area contributed by atoms with Crippen molar-refractivity contribution in [3.8, 4) is 0 Å². The minimum absolute atomic E-state index is 0.0387. The molecule has 1 saturated heterocycles. The number of rotatable bonds is 4. The van der Waals surface area contributed by atoms with Crippen LogP contribution in [0.3, 0.4) is 0 Å². The summed E-state index contributed by atoms with van der Waals surface area (Å²) in [5.74, 6) is -0.727. The third-order valence-corrected chi connectivity index (χ3v) is 3.53. The summed E-state index contributed by atoms with van der Waals surface area (Å²) in [5.41, 5.74) is 0.764. The summed E-state index contributed by atoms with van der Waals surface area (Å²) in [5, 5.41) is 5.92. The first-order valence-electron chi connectivity index (χ1n) is 6.08. The molecule has 0 saturated carbocycles. The third-order valence-electron chi connectivity index (χ3n) is 3.24. The first-order chi connectivity index (χ1) is 9.11. The molecule has 2 atom stereocenters. The van der Waals surface area contributed by atoms with Crippen molar-refractivity contribution in [2.75, 3.05) is 20.3 Å². The third kappa shape index (κ3) is 3.43. The number of carbonyl (C=O) groups is 1. The van der Waals surface area contributed by atoms with Crippen molar-refractivity contribution in [2.45, 2.75) is 12.6 Å². The molecule has 104 valence electrons. The van der Waals surface area contributed by atoms with Gasteiger partial charge in [-0.3, -0.25) is 4.79 Å². The molecular formula is C13H16ClFN2O2. The number of carbonyl (C=O) groups excluding carboxylic acids is 1. The van der Waals surface area contributed by atoms with E-state index in [4.69, 9.17) is 16.3 Å². The molecule has 1 fully saturated rings. The molecule has 2 unspecified atom stereocenters. The Kier molecular flexibility index (Phi) is 4.74. The van der Waals surface area contributed by atoms with Crippen LogP contribution in [0, 0.1) is 11.7 Å². The Morgan fingerprint density at radius 1 is 1.53 bits per heavy atom. The van der Waals surface area contributed by atoms with Gasteiger partial charge in [-0.05, 0) is 24.7 Å². The van der Waals surface area contributed by atoms with Gasteiger partial charge in [-0.1, -0.05) is 17.7 Å². The molecule has 2 N–H and O–H groups in total. The average molecular weight is 287 g/mol. The van der Waals surface area contributed by atoms with E-state index in [2.05, 4.69) is 10.6 Å². The van der Waals surface area contributed by atoms with Gasteiger partial charge in [0.25, 0.3) is 0 Å². The fourth-order valence-electron chi connectivity index (χ4n) is 2.07. The molecule has 6 heteroatoms. The van der Waals surface area contributed by atoms with E-state index in [0.29, 0.717) is 19.8 Å². The van der Waals surface area contributed by atoms with Gasteiger partial charge in [0.2, 0.25) is 5.91 Å². The van der Waals surface area contributed by atoms with Gasteiger partial charge in [0, 0.05) is 12.6 Å². The highest BCUT2D eigenvalue weighted by Crippen LogP contribution is 2.17. The van der Waals surface area contributed by atoms with Crippen molar-refractivity contribution in [1.29, 1.82) is 0 Å². The largest absolute Gasteiger partial charge is 0.379 e. The first-order valence-corrected chi connectivity index (χ1v) is 6.46. The molecule has 1 aromatic carbocycles. The molecule has 0 spiro atoms. The second kappa shape index (κ2) is 6.32. The van der Waals surface area contributed by atoms with Crippen LogP contribution >= 0.6 is 11.6 Å². The zero-order valence-electron chi connectivity index (χ0n) is 10.6. The van der Waals surface area contributed by atoms with Crippen molar-refractivity contribution in [1.82, 2.24) is 10.6 Å². The fraction of sp³-hybridized carbons (Fsp3) is 0.462. The summed E-state index contributed by atoms with van der Waals surface area (Å²) in [6.07, 6.45) is 0. The Bertz CT molecular complexity index is 470. The first kappa shape index (κ1) is 14.2. The zero-order chi connectivity index (χ0) is 13.8. The van der Waals surface area contributed by atoms with Gasteiger partial charge in [-0.2, -0.15) is 0 Å². The molecular weight excluding hydrogens is 271 g/mol. The molecule has 0 aliphatic carbocycles. The molecule has 1 heterocycles. The average Bonchev–Trinajstić information content (AvgIpc) is 2.88. The number of ether oxygens (including phenoxy) is 1. The van der Waals surface area contributed by atoms with Gasteiger partial charge in [0.1, 0.15) is 5.82 Å². The van der Waals surface area contributed by atoms with Crippen LogP contribution in [0.25, 0.3) is 0 Å². The lowest BCUT2D eigenvalue weighted by atomic mass is 10.0. The highest BCUT2D eigenvalue weighted by molar-refractivity contribution is 6.30. The zero-order valence-corrected chi connectivity index (χ0v) is 11.3. The normalized spacial score (nSPS) is 22.5. The Balaban J connectivity index is 1.91. The molecule has 1 aliphatic rings. The van der Waals surface area contributed by atoms with Gasteiger partial charge in [-0.15, -0.1) is 0 Å². The van der Waals surface area contributed by atoms with Crippen molar-refractivity contribution in [3.63, 3.8) is 0 Å². The molecule has 0 aromatic heterocycles. The summed E-state index contributed by atoms with van der Waals surface area (Å²) >= 11 is 5.68. The Hall–Kier alpha value is -1.17. The van der Waals surface area contributed by atoms with Crippen LogP contribution in [-0.2, 0) is 16.1 Å². The van der Waals surface area contributed by atoms with Crippen molar-refractivity contribution < 1.29 is 13.9 Å². The minimum atomic E-state index is -0.462. The summed E-state index contributed by atoms with van der Waals surface area (Å²) in [7, 11) is 1.80. The van der Waals surface area contributed by atoms with Gasteiger partial charge >= 0.3 is 0 Å². The number of halogens is 2. The van der Waals surface area contributed by atoms with Crippen LogP contribution in [0.2, 0.25) is 5.02 Å². The predicted octanol–water partition coefficient (Wildman–Crippen LogP) is 1.33. The monoisotopic (exact) mass is 286 g/mol. The second-order valence-corrected chi connectivity index (χ2v) is 4.91. The summed E-state index contributed by atoms with van der Waals surface area (Å²) in [6, 6.07) is 4.44. The van der Waals surface area contributed by atoms with E-state index in [1.54, 1.807) is 13.1 Å². The fourth-order valence-corrected chi connectivity index (χ4v) is 2.27. The number of amides is 1. The second-order valence-electron chi connectivity index (χ2n) is 4.51. The molecule has 19 heavy (non-hydrogen) atoms. The van der Waals surface area contributed by atoms with Crippen molar-refractivity contribution >= 4 is 17.5 Å². The summed E-state index contributed by atoms with van der Waals surface area (Å²) in [4.78, 5) is 12.0. The van der Waals surface area contributed by atoms with E-state index in [9.17, 15) is 9.18 Å². The standard InChI is InChI=1S/C13H16ClFN2O2/c1-16-12-7-19-6-9(12)13(18)17-5-8-2-3-11(15)10(14)4-8/h2-4,9,12,16H,5-7H2,1H3,(H,17,18). The molecule has 1 aliphatic heterocycles. The van der Waals surface area contributed by atoms with Crippen LogP contribution in [0.1, 0.15) is 5.56 Å². The van der Waals surface area contributed by atoms with E-state index >= 15 is 0 Å². The smallest absolute Gasteiger partial charge is 0.227 e. The molecule has 4 nitrogen and oxygen atoms in total. The maximum absolute atomic E-state index is 13.0. The van der Waals surface area contributed by atoms with E-state index in [-0.39, 0.29) is 22.9 Å². The Morgan fingerprint density at radius 2 is 2.32 bits per heavy atom. The van der Waals surface area contributed by atoms with E-state index in [1.165, 1.54) is 12.1 Å². The number of hydrogen-bond acceptors (Lipinski definition) is 3. The molecule has 0 bridgehead atoms. The highest BCUT2D eigenvalue weighted by Gasteiger charge is 2.32. The van der Waals surface area contributed by atoms with Crippen LogP contribution in [0.5, 0.6) is 0 Å².